The summed E-state index contributed by atoms with van der Waals surface area (Å²) in [7, 11) is 0. The van der Waals surface area contributed by atoms with E-state index in [9.17, 15) is 9.59 Å². The normalized spacial score (nSPS) is 14.6. The molecule has 142 valence electrons. The highest BCUT2D eigenvalue weighted by atomic mass is 32.1. The second kappa shape index (κ2) is 8.06. The van der Waals surface area contributed by atoms with Crippen molar-refractivity contribution in [2.24, 2.45) is 0 Å². The second-order valence-corrected chi connectivity index (χ2v) is 7.80. The highest BCUT2D eigenvalue weighted by molar-refractivity contribution is 7.11. The van der Waals surface area contributed by atoms with E-state index in [1.807, 2.05) is 63.4 Å². The number of amides is 2. The van der Waals surface area contributed by atoms with Crippen LogP contribution in [0.3, 0.4) is 0 Å². The molecule has 0 aliphatic carbocycles. The maximum atomic E-state index is 13.0. The minimum absolute atomic E-state index is 0.0510. The molecular weight excluding hydrogens is 360 g/mol. The van der Waals surface area contributed by atoms with Crippen LogP contribution in [-0.2, 0) is 14.3 Å². The van der Waals surface area contributed by atoms with E-state index in [4.69, 9.17) is 4.74 Å². The molecule has 0 saturated heterocycles. The lowest BCUT2D eigenvalue weighted by Crippen LogP contribution is -2.35. The SMILES string of the molecule is Cc1ccc(C)c(NC2=C(c3cccs3)C(=O)N(CCOC(C)C)C2=O)c1. The van der Waals surface area contributed by atoms with Crippen LogP contribution in [0, 0.1) is 13.8 Å². The number of hydrogen-bond donors (Lipinski definition) is 1. The summed E-state index contributed by atoms with van der Waals surface area (Å²) in [5.41, 5.74) is 3.70. The molecule has 5 nitrogen and oxygen atoms in total. The highest BCUT2D eigenvalue weighted by Crippen LogP contribution is 2.33. The Bertz CT molecular complexity index is 885. The first-order valence-corrected chi connectivity index (χ1v) is 9.86. The van der Waals surface area contributed by atoms with Crippen LogP contribution in [0.5, 0.6) is 0 Å². The Hall–Kier alpha value is -2.44. The summed E-state index contributed by atoms with van der Waals surface area (Å²) in [5.74, 6) is -0.584. The molecule has 0 fully saturated rings. The molecule has 2 amide bonds. The number of nitrogens with zero attached hydrogens (tertiary/aromatic N) is 1. The third-order valence-electron chi connectivity index (χ3n) is 4.35. The van der Waals surface area contributed by atoms with Crippen molar-refractivity contribution in [3.05, 3.63) is 57.4 Å². The molecule has 0 bridgehead atoms. The Morgan fingerprint density at radius 1 is 1.15 bits per heavy atom. The average molecular weight is 385 g/mol. The number of aryl methyl sites for hydroxylation is 2. The molecule has 1 aromatic heterocycles. The topological polar surface area (TPSA) is 58.6 Å². The maximum absolute atomic E-state index is 13.0. The van der Waals surface area contributed by atoms with Gasteiger partial charge in [-0.1, -0.05) is 18.2 Å². The minimum atomic E-state index is -0.309. The number of thiophene rings is 1. The van der Waals surface area contributed by atoms with E-state index in [-0.39, 0.29) is 24.5 Å². The van der Waals surface area contributed by atoms with Crippen molar-refractivity contribution < 1.29 is 14.3 Å². The predicted molar refractivity (Wildman–Crippen MR) is 109 cm³/mol. The van der Waals surface area contributed by atoms with Crippen molar-refractivity contribution in [2.45, 2.75) is 33.8 Å². The Morgan fingerprint density at radius 2 is 1.93 bits per heavy atom. The first-order valence-electron chi connectivity index (χ1n) is 8.98. The van der Waals surface area contributed by atoms with Crippen LogP contribution in [0.2, 0.25) is 0 Å². The van der Waals surface area contributed by atoms with Crippen molar-refractivity contribution in [2.75, 3.05) is 18.5 Å². The van der Waals surface area contributed by atoms with Gasteiger partial charge in [-0.05, 0) is 56.3 Å². The van der Waals surface area contributed by atoms with E-state index < -0.39 is 0 Å². The molecule has 0 atom stereocenters. The summed E-state index contributed by atoms with van der Waals surface area (Å²) in [5, 5.41) is 5.13. The zero-order valence-electron chi connectivity index (χ0n) is 16.0. The van der Waals surface area contributed by atoms with Gasteiger partial charge in [-0.15, -0.1) is 11.3 Å². The van der Waals surface area contributed by atoms with Gasteiger partial charge in [0.25, 0.3) is 11.8 Å². The monoisotopic (exact) mass is 384 g/mol. The van der Waals surface area contributed by atoms with Crippen LogP contribution < -0.4 is 5.32 Å². The zero-order chi connectivity index (χ0) is 19.6. The molecule has 1 N–H and O–H groups in total. The van der Waals surface area contributed by atoms with Crippen LogP contribution in [0.15, 0.2) is 41.4 Å². The third-order valence-corrected chi connectivity index (χ3v) is 5.24. The van der Waals surface area contributed by atoms with Gasteiger partial charge in [0, 0.05) is 10.6 Å². The van der Waals surface area contributed by atoms with Gasteiger partial charge in [-0.3, -0.25) is 14.5 Å². The predicted octanol–water partition coefficient (Wildman–Crippen LogP) is 3.98. The summed E-state index contributed by atoms with van der Waals surface area (Å²) in [6.45, 7) is 8.39. The molecule has 0 saturated carbocycles. The molecule has 2 aromatic rings. The van der Waals surface area contributed by atoms with Crippen molar-refractivity contribution in [3.8, 4) is 0 Å². The lowest BCUT2D eigenvalue weighted by atomic mass is 10.1. The number of imide groups is 1. The number of hydrogen-bond acceptors (Lipinski definition) is 5. The van der Waals surface area contributed by atoms with E-state index in [1.54, 1.807) is 0 Å². The van der Waals surface area contributed by atoms with E-state index in [1.165, 1.54) is 16.2 Å². The van der Waals surface area contributed by atoms with Crippen LogP contribution >= 0.6 is 11.3 Å². The van der Waals surface area contributed by atoms with Crippen molar-refractivity contribution in [1.82, 2.24) is 4.90 Å². The van der Waals surface area contributed by atoms with Gasteiger partial charge in [0.05, 0.1) is 24.8 Å². The van der Waals surface area contributed by atoms with Gasteiger partial charge in [-0.25, -0.2) is 0 Å². The fraction of sp³-hybridized carbons (Fsp3) is 0.333. The largest absolute Gasteiger partial charge is 0.377 e. The Morgan fingerprint density at radius 3 is 2.59 bits per heavy atom. The zero-order valence-corrected chi connectivity index (χ0v) is 16.9. The molecule has 3 rings (SSSR count). The second-order valence-electron chi connectivity index (χ2n) is 6.85. The average Bonchev–Trinajstić information content (AvgIpc) is 3.20. The van der Waals surface area contributed by atoms with E-state index in [0.29, 0.717) is 17.9 Å². The fourth-order valence-electron chi connectivity index (χ4n) is 2.93. The molecule has 0 radical (unpaired) electrons. The van der Waals surface area contributed by atoms with E-state index >= 15 is 0 Å². The number of ether oxygens (including phenoxy) is 1. The standard InChI is InChI=1S/C21H24N2O3S/c1-13(2)26-10-9-23-20(24)18(17-6-5-11-27-17)19(21(23)25)22-16-12-14(3)7-8-15(16)4/h5-8,11-13,22H,9-10H2,1-4H3. The first-order chi connectivity index (χ1) is 12.9. The summed E-state index contributed by atoms with van der Waals surface area (Å²) in [6.07, 6.45) is 0.0510. The quantitative estimate of drug-likeness (QED) is 0.734. The number of anilines is 1. The van der Waals surface area contributed by atoms with E-state index in [0.717, 1.165) is 21.7 Å². The number of rotatable bonds is 7. The molecule has 2 heterocycles. The molecule has 0 spiro atoms. The van der Waals surface area contributed by atoms with Gasteiger partial charge in [-0.2, -0.15) is 0 Å². The summed E-state index contributed by atoms with van der Waals surface area (Å²) in [6, 6.07) is 9.75. The molecule has 6 heteroatoms. The van der Waals surface area contributed by atoms with Crippen molar-refractivity contribution >= 4 is 34.4 Å². The van der Waals surface area contributed by atoms with Crippen molar-refractivity contribution in [1.29, 1.82) is 0 Å². The molecule has 1 aliphatic heterocycles. The lowest BCUT2D eigenvalue weighted by molar-refractivity contribution is -0.137. The van der Waals surface area contributed by atoms with Gasteiger partial charge in [0.1, 0.15) is 5.70 Å². The fourth-order valence-corrected chi connectivity index (χ4v) is 3.70. The number of nitrogens with one attached hydrogen (secondary N) is 1. The maximum Gasteiger partial charge on any atom is 0.278 e. The van der Waals surface area contributed by atoms with Gasteiger partial charge in [0.15, 0.2) is 0 Å². The number of benzene rings is 1. The molecule has 1 aliphatic rings. The summed E-state index contributed by atoms with van der Waals surface area (Å²) in [4.78, 5) is 28.1. The van der Waals surface area contributed by atoms with Gasteiger partial charge >= 0.3 is 0 Å². The Labute approximate surface area is 163 Å². The minimum Gasteiger partial charge on any atom is -0.377 e. The van der Waals surface area contributed by atoms with Crippen LogP contribution in [0.25, 0.3) is 5.57 Å². The Kier molecular flexibility index (Phi) is 5.77. The van der Waals surface area contributed by atoms with Crippen LogP contribution in [-0.4, -0.2) is 36.0 Å². The molecular formula is C21H24N2O3S. The van der Waals surface area contributed by atoms with Crippen LogP contribution in [0.4, 0.5) is 5.69 Å². The number of carbonyl (C=O) groups excluding carboxylic acids is 2. The van der Waals surface area contributed by atoms with Crippen molar-refractivity contribution in [3.63, 3.8) is 0 Å². The molecule has 1 aromatic carbocycles. The highest BCUT2D eigenvalue weighted by Gasteiger charge is 2.39. The summed E-state index contributed by atoms with van der Waals surface area (Å²) >= 11 is 1.45. The number of carbonyl (C=O) groups is 2. The molecule has 27 heavy (non-hydrogen) atoms. The molecule has 0 unspecified atom stereocenters. The summed E-state index contributed by atoms with van der Waals surface area (Å²) < 4.78 is 5.53. The van der Waals surface area contributed by atoms with E-state index in [2.05, 4.69) is 5.32 Å². The lowest BCUT2D eigenvalue weighted by Gasteiger charge is -2.16. The van der Waals surface area contributed by atoms with Gasteiger partial charge < -0.3 is 10.1 Å². The van der Waals surface area contributed by atoms with Crippen LogP contribution in [0.1, 0.15) is 29.9 Å². The smallest absolute Gasteiger partial charge is 0.278 e. The first kappa shape index (κ1) is 19.3. The third kappa shape index (κ3) is 4.12. The Balaban J connectivity index is 1.94. The van der Waals surface area contributed by atoms with Gasteiger partial charge in [0.2, 0.25) is 0 Å².